The summed E-state index contributed by atoms with van der Waals surface area (Å²) in [4.78, 5) is 11.5. The zero-order valence-electron chi connectivity index (χ0n) is 11.2. The predicted molar refractivity (Wildman–Crippen MR) is 75.5 cm³/mol. The summed E-state index contributed by atoms with van der Waals surface area (Å²) in [6, 6.07) is 9.36. The van der Waals surface area contributed by atoms with E-state index in [1.807, 2.05) is 31.2 Å². The van der Waals surface area contributed by atoms with Crippen molar-refractivity contribution in [2.75, 3.05) is 13.2 Å². The number of hydrogen-bond acceptors (Lipinski definition) is 3. The lowest BCUT2D eigenvalue weighted by atomic mass is 10.2. The van der Waals surface area contributed by atoms with E-state index < -0.39 is 0 Å². The van der Waals surface area contributed by atoms with Gasteiger partial charge in [0, 0.05) is 0 Å². The van der Waals surface area contributed by atoms with E-state index in [4.69, 9.17) is 9.15 Å². The molecule has 0 radical (unpaired) electrons. The van der Waals surface area contributed by atoms with Crippen LogP contribution in [-0.4, -0.2) is 19.1 Å². The highest BCUT2D eigenvalue weighted by Gasteiger charge is 2.03. The fourth-order valence-corrected chi connectivity index (χ4v) is 1.57. The quantitative estimate of drug-likeness (QED) is 0.867. The molecule has 0 saturated carbocycles. The standard InChI is InChI=1S/C16H15NO3/c1-13-6-2-3-7-15(13)20-10-5-4-9-17-16(18)14-8-11-19-12-14/h2-3,6-8,11-12H,9-10H2,1H3,(H,17,18). The van der Waals surface area contributed by atoms with Crippen molar-refractivity contribution in [3.05, 3.63) is 54.0 Å². The van der Waals surface area contributed by atoms with E-state index >= 15 is 0 Å². The molecule has 0 saturated heterocycles. The summed E-state index contributed by atoms with van der Waals surface area (Å²) < 4.78 is 10.3. The van der Waals surface area contributed by atoms with Crippen molar-refractivity contribution in [3.8, 4) is 17.6 Å². The third-order valence-electron chi connectivity index (χ3n) is 2.64. The molecule has 0 aliphatic rings. The molecule has 4 heteroatoms. The monoisotopic (exact) mass is 269 g/mol. The molecule has 0 atom stereocenters. The van der Waals surface area contributed by atoms with Gasteiger partial charge in [-0.25, -0.2) is 0 Å². The minimum atomic E-state index is -0.201. The number of para-hydroxylation sites is 1. The van der Waals surface area contributed by atoms with Crippen LogP contribution in [0.1, 0.15) is 15.9 Å². The number of aryl methyl sites for hydroxylation is 1. The lowest BCUT2D eigenvalue weighted by Gasteiger charge is -2.04. The number of nitrogens with one attached hydrogen (secondary N) is 1. The largest absolute Gasteiger partial charge is 0.481 e. The predicted octanol–water partition coefficient (Wildman–Crippen LogP) is 2.40. The second kappa shape index (κ2) is 7.05. The van der Waals surface area contributed by atoms with Crippen molar-refractivity contribution >= 4 is 5.91 Å². The van der Waals surface area contributed by atoms with Crippen LogP contribution in [0.15, 0.2) is 47.3 Å². The lowest BCUT2D eigenvalue weighted by molar-refractivity contribution is 0.0958. The highest BCUT2D eigenvalue weighted by atomic mass is 16.5. The van der Waals surface area contributed by atoms with E-state index in [9.17, 15) is 4.79 Å². The number of benzene rings is 1. The van der Waals surface area contributed by atoms with E-state index in [1.54, 1.807) is 6.07 Å². The van der Waals surface area contributed by atoms with Crippen LogP contribution < -0.4 is 10.1 Å². The summed E-state index contributed by atoms with van der Waals surface area (Å²) in [5.41, 5.74) is 1.56. The summed E-state index contributed by atoms with van der Waals surface area (Å²) in [5.74, 6) is 6.30. The summed E-state index contributed by atoms with van der Waals surface area (Å²) in [7, 11) is 0. The molecule has 0 aliphatic carbocycles. The zero-order valence-corrected chi connectivity index (χ0v) is 11.2. The first-order valence-corrected chi connectivity index (χ1v) is 6.22. The number of furan rings is 1. The number of carbonyl (C=O) groups excluding carboxylic acids is 1. The molecule has 0 aliphatic heterocycles. The smallest absolute Gasteiger partial charge is 0.255 e. The Morgan fingerprint density at radius 3 is 2.90 bits per heavy atom. The van der Waals surface area contributed by atoms with Crippen LogP contribution >= 0.6 is 0 Å². The van der Waals surface area contributed by atoms with Crippen LogP contribution in [0.4, 0.5) is 0 Å². The van der Waals surface area contributed by atoms with Crippen LogP contribution in [0.3, 0.4) is 0 Å². The molecule has 1 aromatic carbocycles. The Hall–Kier alpha value is -2.67. The Kier molecular flexibility index (Phi) is 4.85. The van der Waals surface area contributed by atoms with Gasteiger partial charge in [-0.2, -0.15) is 0 Å². The SMILES string of the molecule is Cc1ccccc1OCC#CCNC(=O)c1ccoc1. The van der Waals surface area contributed by atoms with Crippen molar-refractivity contribution < 1.29 is 13.9 Å². The second-order valence-corrected chi connectivity index (χ2v) is 4.10. The molecular formula is C16H15NO3. The highest BCUT2D eigenvalue weighted by Crippen LogP contribution is 2.15. The molecule has 4 nitrogen and oxygen atoms in total. The van der Waals surface area contributed by atoms with E-state index in [-0.39, 0.29) is 12.5 Å². The van der Waals surface area contributed by atoms with Crippen LogP contribution in [0.25, 0.3) is 0 Å². The van der Waals surface area contributed by atoms with Crippen molar-refractivity contribution in [1.29, 1.82) is 0 Å². The van der Waals surface area contributed by atoms with E-state index in [0.29, 0.717) is 12.2 Å². The van der Waals surface area contributed by atoms with Crippen LogP contribution in [0.2, 0.25) is 0 Å². The minimum absolute atomic E-state index is 0.201. The van der Waals surface area contributed by atoms with Gasteiger partial charge in [-0.1, -0.05) is 30.0 Å². The normalized spacial score (nSPS) is 9.45. The van der Waals surface area contributed by atoms with Crippen molar-refractivity contribution in [1.82, 2.24) is 5.32 Å². The Morgan fingerprint density at radius 1 is 1.30 bits per heavy atom. The molecule has 0 spiro atoms. The molecule has 0 fully saturated rings. The van der Waals surface area contributed by atoms with Gasteiger partial charge >= 0.3 is 0 Å². The topological polar surface area (TPSA) is 51.5 Å². The van der Waals surface area contributed by atoms with Gasteiger partial charge in [-0.15, -0.1) is 0 Å². The number of rotatable bonds is 4. The first-order chi connectivity index (χ1) is 9.77. The van der Waals surface area contributed by atoms with Crippen molar-refractivity contribution in [2.45, 2.75) is 6.92 Å². The van der Waals surface area contributed by atoms with Crippen LogP contribution in [0.5, 0.6) is 5.75 Å². The molecular weight excluding hydrogens is 254 g/mol. The molecule has 1 amide bonds. The maximum atomic E-state index is 11.5. The summed E-state index contributed by atoms with van der Waals surface area (Å²) in [6.07, 6.45) is 2.85. The molecule has 20 heavy (non-hydrogen) atoms. The Labute approximate surface area is 117 Å². The second-order valence-electron chi connectivity index (χ2n) is 4.10. The number of amides is 1. The minimum Gasteiger partial charge on any atom is -0.481 e. The average molecular weight is 269 g/mol. The maximum Gasteiger partial charge on any atom is 0.255 e. The van der Waals surface area contributed by atoms with Gasteiger partial charge in [-0.05, 0) is 24.6 Å². The molecule has 102 valence electrons. The third-order valence-corrected chi connectivity index (χ3v) is 2.64. The highest BCUT2D eigenvalue weighted by molar-refractivity contribution is 5.93. The Balaban J connectivity index is 1.71. The first kappa shape index (κ1) is 13.8. The van der Waals surface area contributed by atoms with Crippen LogP contribution in [0, 0.1) is 18.8 Å². The van der Waals surface area contributed by atoms with Gasteiger partial charge in [0.25, 0.3) is 5.91 Å². The molecule has 1 N–H and O–H groups in total. The summed E-state index contributed by atoms with van der Waals surface area (Å²) >= 11 is 0. The number of carbonyl (C=O) groups is 1. The molecule has 0 unspecified atom stereocenters. The summed E-state index contributed by atoms with van der Waals surface area (Å²) in [5, 5.41) is 2.67. The zero-order chi connectivity index (χ0) is 14.2. The van der Waals surface area contributed by atoms with Crippen molar-refractivity contribution in [3.63, 3.8) is 0 Å². The van der Waals surface area contributed by atoms with E-state index in [0.717, 1.165) is 11.3 Å². The van der Waals surface area contributed by atoms with E-state index in [1.165, 1.54) is 12.5 Å². The average Bonchev–Trinajstić information content (AvgIpc) is 2.98. The number of hydrogen-bond donors (Lipinski definition) is 1. The van der Waals surface area contributed by atoms with Crippen LogP contribution in [-0.2, 0) is 0 Å². The molecule has 0 bridgehead atoms. The van der Waals surface area contributed by atoms with Gasteiger partial charge in [-0.3, -0.25) is 4.79 Å². The van der Waals surface area contributed by atoms with Crippen molar-refractivity contribution in [2.24, 2.45) is 0 Å². The van der Waals surface area contributed by atoms with Gasteiger partial charge in [0.2, 0.25) is 0 Å². The fourth-order valence-electron chi connectivity index (χ4n) is 1.57. The molecule has 2 aromatic rings. The molecule has 1 heterocycles. The van der Waals surface area contributed by atoms with Gasteiger partial charge in [0.15, 0.2) is 0 Å². The molecule has 1 aromatic heterocycles. The van der Waals surface area contributed by atoms with Gasteiger partial charge in [0.1, 0.15) is 18.6 Å². The third kappa shape index (κ3) is 3.92. The van der Waals surface area contributed by atoms with Gasteiger partial charge in [0.05, 0.1) is 18.4 Å². The maximum absolute atomic E-state index is 11.5. The van der Waals surface area contributed by atoms with E-state index in [2.05, 4.69) is 17.2 Å². The van der Waals surface area contributed by atoms with Gasteiger partial charge < -0.3 is 14.5 Å². The lowest BCUT2D eigenvalue weighted by Crippen LogP contribution is -2.23. The fraction of sp³-hybridized carbons (Fsp3) is 0.188. The molecule has 2 rings (SSSR count). The summed E-state index contributed by atoms with van der Waals surface area (Å²) in [6.45, 7) is 2.56. The Bertz CT molecular complexity index is 621. The first-order valence-electron chi connectivity index (χ1n) is 6.22. The Morgan fingerprint density at radius 2 is 2.15 bits per heavy atom. The number of ether oxygens (including phenoxy) is 1.